The molecule has 1 aliphatic heterocycles. The van der Waals surface area contributed by atoms with Crippen LogP contribution in [0.2, 0.25) is 5.02 Å². The maximum Gasteiger partial charge on any atom is 0.252 e. The van der Waals surface area contributed by atoms with Crippen LogP contribution in [0.25, 0.3) is 11.1 Å². The molecular formula is C26H24ClN5O. The topological polar surface area (TPSA) is 63.1 Å². The van der Waals surface area contributed by atoms with E-state index in [1.165, 1.54) is 0 Å². The highest BCUT2D eigenvalue weighted by molar-refractivity contribution is 6.31. The minimum atomic E-state index is 0.00296. The van der Waals surface area contributed by atoms with Crippen molar-refractivity contribution in [3.63, 3.8) is 0 Å². The van der Waals surface area contributed by atoms with Crippen molar-refractivity contribution < 1.29 is 0 Å². The van der Waals surface area contributed by atoms with Gasteiger partial charge in [0.2, 0.25) is 0 Å². The summed E-state index contributed by atoms with van der Waals surface area (Å²) in [5.74, 6) is 2.36. The second-order valence-corrected chi connectivity index (χ2v) is 8.40. The highest BCUT2D eigenvalue weighted by Gasteiger charge is 2.21. The Morgan fingerprint density at radius 2 is 1.73 bits per heavy atom. The molecule has 1 aliphatic rings. The summed E-state index contributed by atoms with van der Waals surface area (Å²) in [4.78, 5) is 23.9. The van der Waals surface area contributed by atoms with Gasteiger partial charge in [-0.1, -0.05) is 60.1 Å². The number of hydrogen-bond donors (Lipinski definition) is 1. The van der Waals surface area contributed by atoms with E-state index in [9.17, 15) is 4.79 Å². The molecule has 33 heavy (non-hydrogen) atoms. The molecule has 6 nitrogen and oxygen atoms in total. The molecule has 0 bridgehead atoms. The summed E-state index contributed by atoms with van der Waals surface area (Å²) in [5.41, 5.74) is 3.03. The fraction of sp³-hybridized carbons (Fsp3) is 0.192. The first-order valence-electron chi connectivity index (χ1n) is 11.1. The molecule has 0 aliphatic carbocycles. The number of pyridine rings is 1. The van der Waals surface area contributed by atoms with Crippen LogP contribution in [0.3, 0.4) is 0 Å². The third-order valence-electron chi connectivity index (χ3n) is 5.84. The number of halogens is 1. The van der Waals surface area contributed by atoms with Gasteiger partial charge in [-0.25, -0.2) is 9.97 Å². The third kappa shape index (κ3) is 4.61. The molecule has 4 aromatic rings. The minimum absolute atomic E-state index is 0.00296. The molecular weight excluding hydrogens is 434 g/mol. The van der Waals surface area contributed by atoms with Crippen molar-refractivity contribution in [2.75, 3.05) is 23.3 Å². The van der Waals surface area contributed by atoms with Gasteiger partial charge in [0.05, 0.1) is 0 Å². The zero-order valence-electron chi connectivity index (χ0n) is 18.1. The average molecular weight is 458 g/mol. The molecule has 0 fully saturated rings. The van der Waals surface area contributed by atoms with E-state index in [0.717, 1.165) is 58.6 Å². The van der Waals surface area contributed by atoms with Crippen molar-refractivity contribution in [2.45, 2.75) is 19.4 Å². The Kier molecular flexibility index (Phi) is 6.09. The molecule has 166 valence electrons. The molecule has 0 unspecified atom stereocenters. The van der Waals surface area contributed by atoms with E-state index in [-0.39, 0.29) is 5.56 Å². The summed E-state index contributed by atoms with van der Waals surface area (Å²) >= 11 is 6.26. The molecule has 1 N–H and O–H groups in total. The second-order valence-electron chi connectivity index (χ2n) is 7.99. The third-order valence-corrected chi connectivity index (χ3v) is 6.21. The summed E-state index contributed by atoms with van der Waals surface area (Å²) in [6.07, 6.45) is 3.23. The molecule has 7 heteroatoms. The Bertz CT molecular complexity index is 1320. The molecule has 3 heterocycles. The number of fused-ring (bicyclic) bond motifs is 1. The lowest BCUT2D eigenvalue weighted by molar-refractivity contribution is 0.574. The van der Waals surface area contributed by atoms with Gasteiger partial charge in [0, 0.05) is 36.8 Å². The number of nitrogens with one attached hydrogen (secondary N) is 1. The number of anilines is 3. The molecule has 0 atom stereocenters. The van der Waals surface area contributed by atoms with Gasteiger partial charge in [0.25, 0.3) is 5.56 Å². The van der Waals surface area contributed by atoms with Crippen LogP contribution in [0.5, 0.6) is 0 Å². The molecule has 2 aromatic carbocycles. The molecule has 0 radical (unpaired) electrons. The summed E-state index contributed by atoms with van der Waals surface area (Å²) in [7, 11) is 0. The van der Waals surface area contributed by atoms with E-state index < -0.39 is 0 Å². The maximum atomic E-state index is 12.9. The van der Waals surface area contributed by atoms with Crippen LogP contribution in [-0.4, -0.2) is 27.6 Å². The van der Waals surface area contributed by atoms with Crippen molar-refractivity contribution in [3.8, 4) is 11.1 Å². The number of hydrogen-bond acceptors (Lipinski definition) is 5. The van der Waals surface area contributed by atoms with Gasteiger partial charge in [-0.15, -0.1) is 0 Å². The quantitative estimate of drug-likeness (QED) is 0.433. The molecule has 5 rings (SSSR count). The van der Waals surface area contributed by atoms with Gasteiger partial charge in [-0.2, -0.15) is 0 Å². The summed E-state index contributed by atoms with van der Waals surface area (Å²) in [6.45, 7) is 2.19. The predicted octanol–water partition coefficient (Wildman–Crippen LogP) is 5.16. The van der Waals surface area contributed by atoms with Gasteiger partial charge < -0.3 is 10.2 Å². The van der Waals surface area contributed by atoms with Crippen LogP contribution in [0.15, 0.2) is 83.9 Å². The van der Waals surface area contributed by atoms with Crippen LogP contribution in [0.4, 0.5) is 17.5 Å². The maximum absolute atomic E-state index is 12.9. The van der Waals surface area contributed by atoms with Crippen molar-refractivity contribution >= 4 is 29.1 Å². The lowest BCUT2D eigenvalue weighted by atomic mass is 10.1. The Balaban J connectivity index is 1.40. The number of aromatic nitrogens is 3. The van der Waals surface area contributed by atoms with Crippen LogP contribution in [0.1, 0.15) is 12.0 Å². The zero-order valence-corrected chi connectivity index (χ0v) is 18.9. The summed E-state index contributed by atoms with van der Waals surface area (Å²) in [5, 5.41) is 4.14. The normalized spacial score (nSPS) is 12.9. The first kappa shape index (κ1) is 21.2. The molecule has 2 aromatic heterocycles. The Labute approximate surface area is 197 Å². The van der Waals surface area contributed by atoms with E-state index in [4.69, 9.17) is 11.6 Å². The highest BCUT2D eigenvalue weighted by Crippen LogP contribution is 2.31. The average Bonchev–Trinajstić information content (AvgIpc) is 2.86. The van der Waals surface area contributed by atoms with Gasteiger partial charge in [-0.05, 0) is 41.7 Å². The van der Waals surface area contributed by atoms with Crippen LogP contribution in [0, 0.1) is 0 Å². The minimum Gasteiger partial charge on any atom is -0.370 e. The van der Waals surface area contributed by atoms with Gasteiger partial charge in [0.15, 0.2) is 0 Å². The summed E-state index contributed by atoms with van der Waals surface area (Å²) < 4.78 is 1.82. The SMILES string of the molecule is O=c1cc(-c2ccccc2)cc2n1CCCN2c1cc(NCCc2ccccc2Cl)ncn1. The largest absolute Gasteiger partial charge is 0.370 e. The fourth-order valence-corrected chi connectivity index (χ4v) is 4.41. The highest BCUT2D eigenvalue weighted by atomic mass is 35.5. The zero-order chi connectivity index (χ0) is 22.6. The van der Waals surface area contributed by atoms with Crippen molar-refractivity contribution in [2.24, 2.45) is 0 Å². The van der Waals surface area contributed by atoms with E-state index in [1.807, 2.05) is 65.2 Å². The van der Waals surface area contributed by atoms with Crippen LogP contribution in [-0.2, 0) is 13.0 Å². The monoisotopic (exact) mass is 457 g/mol. The summed E-state index contributed by atoms with van der Waals surface area (Å²) in [6, 6.07) is 23.5. The van der Waals surface area contributed by atoms with Gasteiger partial charge in [-0.3, -0.25) is 9.36 Å². The lowest BCUT2D eigenvalue weighted by Crippen LogP contribution is -2.35. The molecule has 0 saturated carbocycles. The molecule has 0 saturated heterocycles. The molecule has 0 spiro atoms. The van der Waals surface area contributed by atoms with E-state index in [2.05, 4.69) is 26.3 Å². The van der Waals surface area contributed by atoms with Crippen molar-refractivity contribution in [1.82, 2.24) is 14.5 Å². The first-order chi connectivity index (χ1) is 16.2. The molecule has 0 amide bonds. The second kappa shape index (κ2) is 9.46. The van der Waals surface area contributed by atoms with E-state index in [1.54, 1.807) is 12.4 Å². The Hall–Kier alpha value is -3.64. The van der Waals surface area contributed by atoms with Crippen molar-refractivity contribution in [3.05, 3.63) is 100 Å². The number of benzene rings is 2. The first-order valence-corrected chi connectivity index (χ1v) is 11.4. The van der Waals surface area contributed by atoms with E-state index >= 15 is 0 Å². The Morgan fingerprint density at radius 1 is 0.909 bits per heavy atom. The van der Waals surface area contributed by atoms with Crippen molar-refractivity contribution in [1.29, 1.82) is 0 Å². The smallest absolute Gasteiger partial charge is 0.252 e. The Morgan fingerprint density at radius 3 is 2.58 bits per heavy atom. The van der Waals surface area contributed by atoms with Gasteiger partial charge in [0.1, 0.15) is 23.8 Å². The lowest BCUT2D eigenvalue weighted by Gasteiger charge is -2.31. The van der Waals surface area contributed by atoms with E-state index in [0.29, 0.717) is 13.1 Å². The predicted molar refractivity (Wildman–Crippen MR) is 133 cm³/mol. The standard InChI is InChI=1S/C26H24ClN5O/c27-22-10-5-4-9-20(22)11-12-28-23-17-24(30-18-29-23)31-13-6-14-32-25(31)15-21(16-26(32)33)19-7-2-1-3-8-19/h1-5,7-10,15-18H,6,11-14H2,(H,28,29,30). The van der Waals surface area contributed by atoms with Crippen LogP contribution >= 0.6 is 11.6 Å². The van der Waals surface area contributed by atoms with Crippen LogP contribution < -0.4 is 15.8 Å². The number of nitrogens with zero attached hydrogens (tertiary/aromatic N) is 4. The fourth-order valence-electron chi connectivity index (χ4n) is 4.18. The number of rotatable bonds is 6. The van der Waals surface area contributed by atoms with Gasteiger partial charge >= 0.3 is 0 Å².